The number of nitrogens with zero attached hydrogens (tertiary/aromatic N) is 2. The number of aromatic hydroxyl groups is 1. The zero-order valence-electron chi connectivity index (χ0n) is 20.8. The molecule has 2 amide bonds. The van der Waals surface area contributed by atoms with E-state index in [1.54, 1.807) is 11.0 Å². The lowest BCUT2D eigenvalue weighted by atomic mass is 10.0. The van der Waals surface area contributed by atoms with Gasteiger partial charge in [-0.2, -0.15) is 0 Å². The molecule has 37 heavy (non-hydrogen) atoms. The van der Waals surface area contributed by atoms with Crippen molar-refractivity contribution in [2.75, 3.05) is 20.2 Å². The minimum absolute atomic E-state index is 0.101. The number of methoxy groups -OCH3 is 1. The molecular formula is C27H29F2N3O5. The third-order valence-corrected chi connectivity index (χ3v) is 5.64. The lowest BCUT2D eigenvalue weighted by Gasteiger charge is -2.32. The zero-order valence-corrected chi connectivity index (χ0v) is 20.8. The highest BCUT2D eigenvalue weighted by Gasteiger charge is 2.27. The van der Waals surface area contributed by atoms with Crippen molar-refractivity contribution in [1.29, 1.82) is 0 Å². The monoisotopic (exact) mass is 513 g/mol. The summed E-state index contributed by atoms with van der Waals surface area (Å²) >= 11 is 0. The predicted molar refractivity (Wildman–Crippen MR) is 133 cm³/mol. The number of carbonyl (C=O) groups excluding carboxylic acids is 2. The molecule has 1 aliphatic rings. The molecule has 0 saturated carbocycles. The lowest BCUT2D eigenvalue weighted by molar-refractivity contribution is 0.0695. The first kappa shape index (κ1) is 27.4. The average Bonchev–Trinajstić information content (AvgIpc) is 2.92. The quantitative estimate of drug-likeness (QED) is 0.485. The molecule has 4 rings (SSSR count). The summed E-state index contributed by atoms with van der Waals surface area (Å²) in [7, 11) is 1.47. The van der Waals surface area contributed by atoms with Crippen LogP contribution >= 0.6 is 0 Å². The van der Waals surface area contributed by atoms with Crippen molar-refractivity contribution in [2.45, 2.75) is 32.7 Å². The van der Waals surface area contributed by atoms with Crippen LogP contribution in [0.25, 0.3) is 0 Å². The van der Waals surface area contributed by atoms with E-state index >= 15 is 0 Å². The number of aromatic nitrogens is 1. The van der Waals surface area contributed by atoms with Crippen molar-refractivity contribution in [1.82, 2.24) is 15.2 Å². The molecule has 0 bridgehead atoms. The first-order chi connectivity index (χ1) is 17.8. The fourth-order valence-electron chi connectivity index (χ4n) is 3.76. The Kier molecular flexibility index (Phi) is 9.37. The fraction of sp³-hybridized carbons (Fsp3) is 0.296. The molecule has 196 valence electrons. The predicted octanol–water partition coefficient (Wildman–Crippen LogP) is 4.93. The molecule has 0 aliphatic carbocycles. The van der Waals surface area contributed by atoms with Gasteiger partial charge in [-0.3, -0.25) is 9.59 Å². The normalized spacial score (nSPS) is 13.3. The van der Waals surface area contributed by atoms with Crippen LogP contribution in [0.2, 0.25) is 0 Å². The second-order valence-electron chi connectivity index (χ2n) is 7.99. The van der Waals surface area contributed by atoms with E-state index in [1.165, 1.54) is 43.5 Å². The highest BCUT2D eigenvalue weighted by molar-refractivity contribution is 5.97. The molecule has 2 N–H and O–H groups in total. The van der Waals surface area contributed by atoms with Gasteiger partial charge < -0.3 is 24.8 Å². The third-order valence-electron chi connectivity index (χ3n) is 5.64. The van der Waals surface area contributed by atoms with E-state index in [9.17, 15) is 23.5 Å². The van der Waals surface area contributed by atoms with Gasteiger partial charge >= 0.3 is 0 Å². The maximum absolute atomic E-state index is 13.8. The molecule has 1 aromatic heterocycles. The Morgan fingerprint density at radius 2 is 1.62 bits per heavy atom. The Labute approximate surface area is 213 Å². The fourth-order valence-corrected chi connectivity index (χ4v) is 3.76. The summed E-state index contributed by atoms with van der Waals surface area (Å²) in [6.45, 7) is 4.71. The maximum Gasteiger partial charge on any atom is 0.257 e. The molecule has 1 fully saturated rings. The smallest absolute Gasteiger partial charge is 0.257 e. The number of phenolic OH excluding ortho intramolecular Hbond substituents is 1. The molecule has 3 aromatic rings. The molecule has 1 aliphatic heterocycles. The van der Waals surface area contributed by atoms with Gasteiger partial charge in [0.1, 0.15) is 34.4 Å². The van der Waals surface area contributed by atoms with Gasteiger partial charge in [0.25, 0.3) is 11.8 Å². The Bertz CT molecular complexity index is 1230. The number of ether oxygens (including phenoxy) is 2. The van der Waals surface area contributed by atoms with Crippen molar-refractivity contribution in [2.24, 2.45) is 0 Å². The minimum Gasteiger partial charge on any atom is -0.507 e. The van der Waals surface area contributed by atoms with Crippen LogP contribution in [0.1, 0.15) is 47.4 Å². The summed E-state index contributed by atoms with van der Waals surface area (Å²) in [4.78, 5) is 31.1. The largest absolute Gasteiger partial charge is 0.507 e. The Hall–Kier alpha value is -4.21. The molecule has 1 saturated heterocycles. The van der Waals surface area contributed by atoms with Crippen LogP contribution in [0.4, 0.5) is 8.78 Å². The van der Waals surface area contributed by atoms with E-state index < -0.39 is 17.5 Å². The SMILES string of the molecule is CC.COc1ccc(C(=O)N2CCC(NC(=O)c3cc(F)cnc3Oc3ccc(F)cc3)CC2)c(O)c1. The van der Waals surface area contributed by atoms with Crippen LogP contribution in [-0.4, -0.2) is 53.0 Å². The highest BCUT2D eigenvalue weighted by Crippen LogP contribution is 2.27. The first-order valence-corrected chi connectivity index (χ1v) is 11.9. The average molecular weight is 514 g/mol. The number of pyridine rings is 1. The summed E-state index contributed by atoms with van der Waals surface area (Å²) in [5.74, 6) is -1.65. The van der Waals surface area contributed by atoms with Crippen LogP contribution in [0, 0.1) is 11.6 Å². The molecule has 10 heteroatoms. The van der Waals surface area contributed by atoms with Crippen LogP contribution < -0.4 is 14.8 Å². The number of rotatable bonds is 6. The number of piperidine rings is 1. The molecule has 0 spiro atoms. The molecule has 2 aromatic carbocycles. The summed E-state index contributed by atoms with van der Waals surface area (Å²) in [6.07, 6.45) is 1.85. The van der Waals surface area contributed by atoms with Gasteiger partial charge in [0, 0.05) is 25.2 Å². The molecule has 8 nitrogen and oxygen atoms in total. The molecule has 2 heterocycles. The van der Waals surface area contributed by atoms with E-state index in [0.29, 0.717) is 31.7 Å². The van der Waals surface area contributed by atoms with Gasteiger partial charge in [0.2, 0.25) is 5.88 Å². The molecule has 0 unspecified atom stereocenters. The van der Waals surface area contributed by atoms with Crippen molar-refractivity contribution in [3.05, 3.63) is 77.5 Å². The van der Waals surface area contributed by atoms with Gasteiger partial charge in [-0.15, -0.1) is 0 Å². The summed E-state index contributed by atoms with van der Waals surface area (Å²) in [6, 6.07) is 10.4. The number of hydrogen-bond acceptors (Lipinski definition) is 6. The van der Waals surface area contributed by atoms with E-state index in [2.05, 4.69) is 10.3 Å². The van der Waals surface area contributed by atoms with Crippen molar-refractivity contribution in [3.63, 3.8) is 0 Å². The van der Waals surface area contributed by atoms with E-state index in [1.807, 2.05) is 13.8 Å². The van der Waals surface area contributed by atoms with Gasteiger partial charge in [-0.05, 0) is 55.3 Å². The van der Waals surface area contributed by atoms with E-state index in [0.717, 1.165) is 12.3 Å². The summed E-state index contributed by atoms with van der Waals surface area (Å²) < 4.78 is 37.6. The van der Waals surface area contributed by atoms with Gasteiger partial charge in [-0.25, -0.2) is 13.8 Å². The van der Waals surface area contributed by atoms with Crippen LogP contribution in [-0.2, 0) is 0 Å². The molecule has 0 atom stereocenters. The Morgan fingerprint density at radius 1 is 0.973 bits per heavy atom. The number of benzene rings is 2. The third kappa shape index (κ3) is 6.93. The maximum atomic E-state index is 13.8. The topological polar surface area (TPSA) is 101 Å². The highest BCUT2D eigenvalue weighted by atomic mass is 19.1. The number of phenols is 1. The van der Waals surface area contributed by atoms with Gasteiger partial charge in [0.15, 0.2) is 0 Å². The Morgan fingerprint density at radius 3 is 2.24 bits per heavy atom. The van der Waals surface area contributed by atoms with Crippen molar-refractivity contribution < 1.29 is 33.0 Å². The zero-order chi connectivity index (χ0) is 26.9. The number of carbonyl (C=O) groups is 2. The van der Waals surface area contributed by atoms with Gasteiger partial charge in [0.05, 0.1) is 18.9 Å². The van der Waals surface area contributed by atoms with E-state index in [-0.39, 0.29) is 40.5 Å². The van der Waals surface area contributed by atoms with Crippen LogP contribution in [0.3, 0.4) is 0 Å². The van der Waals surface area contributed by atoms with Crippen LogP contribution in [0.15, 0.2) is 54.7 Å². The van der Waals surface area contributed by atoms with Crippen molar-refractivity contribution in [3.8, 4) is 23.1 Å². The number of amides is 2. The summed E-state index contributed by atoms with van der Waals surface area (Å²) in [5, 5.41) is 13.0. The second-order valence-corrected chi connectivity index (χ2v) is 7.99. The Balaban J connectivity index is 0.00000186. The second kappa shape index (κ2) is 12.7. The first-order valence-electron chi connectivity index (χ1n) is 11.9. The van der Waals surface area contributed by atoms with Gasteiger partial charge in [-0.1, -0.05) is 13.8 Å². The number of halogens is 2. The molecular weight excluding hydrogens is 484 g/mol. The number of hydrogen-bond donors (Lipinski definition) is 2. The number of nitrogens with one attached hydrogen (secondary N) is 1. The van der Waals surface area contributed by atoms with Crippen LogP contribution in [0.5, 0.6) is 23.1 Å². The van der Waals surface area contributed by atoms with Crippen molar-refractivity contribution >= 4 is 11.8 Å². The molecule has 0 radical (unpaired) electrons. The number of likely N-dealkylation sites (tertiary alicyclic amines) is 1. The minimum atomic E-state index is -0.707. The standard InChI is InChI=1S/C25H23F2N3O5.C2H6/c1-34-19-6-7-20(22(31)13-19)25(33)30-10-8-17(9-11-30)29-23(32)21-12-16(27)14-28-24(21)35-18-4-2-15(26)3-5-18;1-2/h2-7,12-14,17,31H,8-11H2,1H3,(H,29,32);1-2H3. The van der Waals surface area contributed by atoms with E-state index in [4.69, 9.17) is 9.47 Å². The summed E-state index contributed by atoms with van der Waals surface area (Å²) in [5.41, 5.74) is 0.0673. The lowest BCUT2D eigenvalue weighted by Crippen LogP contribution is -2.46.